The van der Waals surface area contributed by atoms with E-state index in [1.54, 1.807) is 24.2 Å². The van der Waals surface area contributed by atoms with Gasteiger partial charge in [0, 0.05) is 24.8 Å². The summed E-state index contributed by atoms with van der Waals surface area (Å²) >= 11 is 0. The monoisotopic (exact) mass is 416 g/mol. The van der Waals surface area contributed by atoms with E-state index >= 15 is 0 Å². The van der Waals surface area contributed by atoms with E-state index < -0.39 is 0 Å². The molecule has 5 rings (SSSR count). The van der Waals surface area contributed by atoms with Crippen molar-refractivity contribution >= 4 is 5.91 Å². The normalized spacial score (nSPS) is 19.2. The summed E-state index contributed by atoms with van der Waals surface area (Å²) in [5.74, 6) is 0.653. The number of carbonyl (C=O) groups excluding carboxylic acids is 1. The standard InChI is InChI=1S/C25H28N4O2/c1-31-24-11-5-4-10-23(24)29-16-20(15-26-29)25(30)27-21-9-6-12-28(17-21)22-13-18-7-2-3-8-19(18)14-22/h2-5,7-8,10-11,15-16,21-22H,6,9,12-14,17H2,1H3,(H,27,30)/t21-/m1/s1. The number of piperidine rings is 1. The Labute approximate surface area is 182 Å². The minimum absolute atomic E-state index is 0.0669. The van der Waals surface area contributed by atoms with E-state index in [9.17, 15) is 4.79 Å². The Morgan fingerprint density at radius 3 is 2.61 bits per heavy atom. The molecule has 1 saturated heterocycles. The molecule has 0 bridgehead atoms. The van der Waals surface area contributed by atoms with Crippen molar-refractivity contribution in [1.82, 2.24) is 20.0 Å². The predicted octanol–water partition coefficient (Wildman–Crippen LogP) is 3.24. The fraction of sp³-hybridized carbons (Fsp3) is 0.360. The molecule has 2 aromatic carbocycles. The van der Waals surface area contributed by atoms with Crippen LogP contribution in [0.3, 0.4) is 0 Å². The summed E-state index contributed by atoms with van der Waals surface area (Å²) in [5.41, 5.74) is 4.33. The molecule has 1 aromatic heterocycles. The van der Waals surface area contributed by atoms with Crippen molar-refractivity contribution in [3.63, 3.8) is 0 Å². The number of amides is 1. The number of likely N-dealkylation sites (tertiary alicyclic amines) is 1. The molecule has 6 heteroatoms. The lowest BCUT2D eigenvalue weighted by molar-refractivity contribution is 0.0876. The van der Waals surface area contributed by atoms with E-state index in [-0.39, 0.29) is 11.9 Å². The van der Waals surface area contributed by atoms with Crippen molar-refractivity contribution in [3.05, 3.63) is 77.6 Å². The number of carbonyl (C=O) groups is 1. The van der Waals surface area contributed by atoms with Gasteiger partial charge in [-0.1, -0.05) is 36.4 Å². The highest BCUT2D eigenvalue weighted by Crippen LogP contribution is 2.27. The first kappa shape index (κ1) is 19.8. The Kier molecular flexibility index (Phi) is 5.47. The van der Waals surface area contributed by atoms with Gasteiger partial charge in [0.2, 0.25) is 0 Å². The van der Waals surface area contributed by atoms with Gasteiger partial charge in [-0.2, -0.15) is 5.10 Å². The molecule has 0 saturated carbocycles. The molecular weight excluding hydrogens is 388 g/mol. The van der Waals surface area contributed by atoms with E-state index in [1.807, 2.05) is 24.3 Å². The third-order valence-corrected chi connectivity index (χ3v) is 6.51. The first-order chi connectivity index (χ1) is 15.2. The van der Waals surface area contributed by atoms with E-state index in [1.165, 1.54) is 11.1 Å². The van der Waals surface area contributed by atoms with Gasteiger partial charge in [-0.15, -0.1) is 0 Å². The Bertz CT molecular complexity index is 1050. The van der Waals surface area contributed by atoms with Gasteiger partial charge in [0.25, 0.3) is 5.91 Å². The van der Waals surface area contributed by atoms with Gasteiger partial charge in [-0.25, -0.2) is 4.68 Å². The molecule has 1 atom stereocenters. The van der Waals surface area contributed by atoms with Gasteiger partial charge in [0.05, 0.1) is 18.9 Å². The topological polar surface area (TPSA) is 59.4 Å². The molecule has 31 heavy (non-hydrogen) atoms. The summed E-state index contributed by atoms with van der Waals surface area (Å²) in [5, 5.41) is 7.61. The molecule has 3 aromatic rings. The molecule has 1 fully saturated rings. The largest absolute Gasteiger partial charge is 0.494 e. The minimum Gasteiger partial charge on any atom is -0.494 e. The van der Waals surface area contributed by atoms with Crippen LogP contribution in [0, 0.1) is 0 Å². The maximum absolute atomic E-state index is 12.9. The lowest BCUT2D eigenvalue weighted by atomic mass is 10.0. The first-order valence-electron chi connectivity index (χ1n) is 11.0. The van der Waals surface area contributed by atoms with E-state index in [0.29, 0.717) is 11.6 Å². The maximum Gasteiger partial charge on any atom is 0.254 e. The summed E-state index contributed by atoms with van der Waals surface area (Å²) in [6.07, 6.45) is 7.74. The Balaban J connectivity index is 1.22. The van der Waals surface area contributed by atoms with Crippen molar-refractivity contribution in [3.8, 4) is 11.4 Å². The number of hydrogen-bond donors (Lipinski definition) is 1. The van der Waals surface area contributed by atoms with Crippen molar-refractivity contribution in [2.75, 3.05) is 20.2 Å². The van der Waals surface area contributed by atoms with Crippen molar-refractivity contribution in [2.45, 2.75) is 37.8 Å². The average Bonchev–Trinajstić information content (AvgIpc) is 3.47. The molecule has 160 valence electrons. The number of aromatic nitrogens is 2. The molecule has 0 spiro atoms. The zero-order valence-corrected chi connectivity index (χ0v) is 17.8. The van der Waals surface area contributed by atoms with Gasteiger partial charge < -0.3 is 10.1 Å². The summed E-state index contributed by atoms with van der Waals surface area (Å²) in [6, 6.07) is 17.1. The number of benzene rings is 2. The van der Waals surface area contributed by atoms with Crippen LogP contribution < -0.4 is 10.1 Å². The van der Waals surface area contributed by atoms with Crippen LogP contribution in [-0.2, 0) is 12.8 Å². The third-order valence-electron chi connectivity index (χ3n) is 6.51. The Morgan fingerprint density at radius 1 is 1.10 bits per heavy atom. The predicted molar refractivity (Wildman–Crippen MR) is 120 cm³/mol. The van der Waals surface area contributed by atoms with Gasteiger partial charge in [-0.05, 0) is 55.5 Å². The van der Waals surface area contributed by atoms with Crippen molar-refractivity contribution in [1.29, 1.82) is 0 Å². The first-order valence-corrected chi connectivity index (χ1v) is 11.0. The van der Waals surface area contributed by atoms with Crippen LogP contribution in [0.5, 0.6) is 5.75 Å². The fourth-order valence-electron chi connectivity index (χ4n) is 4.91. The molecule has 1 amide bonds. The molecule has 2 aliphatic rings. The third kappa shape index (κ3) is 4.08. The molecule has 1 N–H and O–H groups in total. The quantitative estimate of drug-likeness (QED) is 0.694. The zero-order chi connectivity index (χ0) is 21.2. The van der Waals surface area contributed by atoms with Gasteiger partial charge in [0.15, 0.2) is 0 Å². The highest BCUT2D eigenvalue weighted by Gasteiger charge is 2.31. The highest BCUT2D eigenvalue weighted by atomic mass is 16.5. The Hall–Kier alpha value is -3.12. The minimum atomic E-state index is -0.0669. The van der Waals surface area contributed by atoms with Crippen LogP contribution >= 0.6 is 0 Å². The number of fused-ring (bicyclic) bond motifs is 1. The zero-order valence-electron chi connectivity index (χ0n) is 17.8. The number of methoxy groups -OCH3 is 1. The second kappa shape index (κ2) is 8.55. The van der Waals surface area contributed by atoms with E-state index in [4.69, 9.17) is 4.74 Å². The number of nitrogens with zero attached hydrogens (tertiary/aromatic N) is 3. The molecule has 1 aliphatic carbocycles. The second-order valence-electron chi connectivity index (χ2n) is 8.48. The number of para-hydroxylation sites is 2. The molecule has 0 unspecified atom stereocenters. The molecule has 0 radical (unpaired) electrons. The molecular formula is C25H28N4O2. The van der Waals surface area contributed by atoms with Crippen LogP contribution in [0.25, 0.3) is 5.69 Å². The average molecular weight is 417 g/mol. The van der Waals surface area contributed by atoms with Gasteiger partial charge in [-0.3, -0.25) is 9.69 Å². The van der Waals surface area contributed by atoms with Crippen LogP contribution in [-0.4, -0.2) is 52.9 Å². The van der Waals surface area contributed by atoms with Crippen molar-refractivity contribution < 1.29 is 9.53 Å². The summed E-state index contributed by atoms with van der Waals surface area (Å²) in [4.78, 5) is 15.5. The van der Waals surface area contributed by atoms with Crippen molar-refractivity contribution in [2.24, 2.45) is 0 Å². The highest BCUT2D eigenvalue weighted by molar-refractivity contribution is 5.94. The van der Waals surface area contributed by atoms with Crippen LogP contribution in [0.1, 0.15) is 34.3 Å². The lowest BCUT2D eigenvalue weighted by Crippen LogP contribution is -2.51. The van der Waals surface area contributed by atoms with Crippen LogP contribution in [0.15, 0.2) is 60.9 Å². The lowest BCUT2D eigenvalue weighted by Gasteiger charge is -2.37. The second-order valence-corrected chi connectivity index (χ2v) is 8.48. The van der Waals surface area contributed by atoms with Gasteiger partial charge >= 0.3 is 0 Å². The number of rotatable bonds is 5. The van der Waals surface area contributed by atoms with E-state index in [0.717, 1.165) is 50.2 Å². The Morgan fingerprint density at radius 2 is 1.84 bits per heavy atom. The van der Waals surface area contributed by atoms with Crippen LogP contribution in [0.4, 0.5) is 0 Å². The number of nitrogens with one attached hydrogen (secondary N) is 1. The number of ether oxygens (including phenoxy) is 1. The molecule has 6 nitrogen and oxygen atoms in total. The maximum atomic E-state index is 12.9. The van der Waals surface area contributed by atoms with Crippen LogP contribution in [0.2, 0.25) is 0 Å². The molecule has 2 heterocycles. The summed E-state index contributed by atoms with van der Waals surface area (Å²) < 4.78 is 7.10. The summed E-state index contributed by atoms with van der Waals surface area (Å²) in [6.45, 7) is 2.02. The number of hydrogen-bond acceptors (Lipinski definition) is 4. The fourth-order valence-corrected chi connectivity index (χ4v) is 4.91. The van der Waals surface area contributed by atoms with Gasteiger partial charge in [0.1, 0.15) is 11.4 Å². The summed E-state index contributed by atoms with van der Waals surface area (Å²) in [7, 11) is 1.63. The SMILES string of the molecule is COc1ccccc1-n1cc(C(=O)N[C@@H]2CCCN(C3Cc4ccccc4C3)C2)cn1. The molecule has 1 aliphatic heterocycles. The smallest absolute Gasteiger partial charge is 0.254 e. The van der Waals surface area contributed by atoms with E-state index in [2.05, 4.69) is 39.6 Å².